The van der Waals surface area contributed by atoms with Gasteiger partial charge in [-0.3, -0.25) is 0 Å². The van der Waals surface area contributed by atoms with Crippen LogP contribution in [0.2, 0.25) is 0 Å². The molecule has 34 heavy (non-hydrogen) atoms. The number of aromatic nitrogens is 3. The van der Waals surface area contributed by atoms with Crippen LogP contribution in [-0.2, 0) is 6.42 Å². The predicted octanol–water partition coefficient (Wildman–Crippen LogP) is 6.29. The maximum atomic E-state index is 13.7. The van der Waals surface area contributed by atoms with Crippen LogP contribution in [-0.4, -0.2) is 21.0 Å². The maximum absolute atomic E-state index is 13.7. The Bertz CT molecular complexity index is 1340. The fourth-order valence-corrected chi connectivity index (χ4v) is 3.29. The van der Waals surface area contributed by atoms with Gasteiger partial charge >= 0.3 is 6.03 Å². The van der Waals surface area contributed by atoms with Crippen molar-refractivity contribution in [1.29, 1.82) is 0 Å². The van der Waals surface area contributed by atoms with Gasteiger partial charge in [0.2, 0.25) is 5.88 Å². The summed E-state index contributed by atoms with van der Waals surface area (Å²) in [6, 6.07) is 14.9. The molecule has 0 saturated carbocycles. The zero-order chi connectivity index (χ0) is 24.1. The van der Waals surface area contributed by atoms with Crippen LogP contribution in [0, 0.1) is 19.7 Å². The highest BCUT2D eigenvalue weighted by Gasteiger charge is 2.12. The molecule has 4 rings (SSSR count). The molecular weight excluding hydrogens is 433 g/mol. The summed E-state index contributed by atoms with van der Waals surface area (Å²) in [5, 5.41) is 5.40. The first kappa shape index (κ1) is 22.8. The van der Waals surface area contributed by atoms with E-state index < -0.39 is 6.03 Å². The van der Waals surface area contributed by atoms with Crippen molar-refractivity contribution in [3.8, 4) is 22.9 Å². The molecule has 0 atom stereocenters. The Morgan fingerprint density at radius 3 is 2.59 bits per heavy atom. The molecule has 0 fully saturated rings. The SMILES string of the molecule is CCc1nccc(-c2cccnc2Oc2ccc(NC(=O)Nc3ccc(C)c(F)c3)c(C)c2)n1. The van der Waals surface area contributed by atoms with E-state index in [1.807, 2.05) is 32.0 Å². The van der Waals surface area contributed by atoms with E-state index in [2.05, 4.69) is 25.6 Å². The van der Waals surface area contributed by atoms with Crippen molar-refractivity contribution in [2.75, 3.05) is 10.6 Å². The molecular formula is C26H24FN5O2. The molecule has 0 aliphatic heterocycles. The average Bonchev–Trinajstić information content (AvgIpc) is 2.83. The standard InChI is InChI=1S/C26H24FN5O2/c1-4-24-28-13-11-23(31-24)20-6-5-12-29-25(20)34-19-9-10-22(17(3)14-19)32-26(33)30-18-8-7-16(2)21(27)15-18/h5-15H,4H2,1-3H3,(H2,30,32,33). The summed E-state index contributed by atoms with van der Waals surface area (Å²) in [6.07, 6.45) is 4.10. The number of urea groups is 1. The smallest absolute Gasteiger partial charge is 0.323 e. The van der Waals surface area contributed by atoms with E-state index in [9.17, 15) is 9.18 Å². The molecule has 172 valence electrons. The van der Waals surface area contributed by atoms with Crippen molar-refractivity contribution >= 4 is 17.4 Å². The van der Waals surface area contributed by atoms with E-state index in [-0.39, 0.29) is 5.82 Å². The van der Waals surface area contributed by atoms with Gasteiger partial charge in [0.15, 0.2) is 0 Å². The van der Waals surface area contributed by atoms with Crippen LogP contribution in [0.1, 0.15) is 23.9 Å². The number of hydrogen-bond acceptors (Lipinski definition) is 5. The minimum absolute atomic E-state index is 0.372. The van der Waals surface area contributed by atoms with Gasteiger partial charge in [-0.25, -0.2) is 24.1 Å². The lowest BCUT2D eigenvalue weighted by atomic mass is 10.1. The number of hydrogen-bond donors (Lipinski definition) is 2. The molecule has 0 unspecified atom stereocenters. The van der Waals surface area contributed by atoms with Crippen molar-refractivity contribution < 1.29 is 13.9 Å². The van der Waals surface area contributed by atoms with Gasteiger partial charge in [-0.05, 0) is 73.5 Å². The van der Waals surface area contributed by atoms with Gasteiger partial charge in [-0.2, -0.15) is 0 Å². The van der Waals surface area contributed by atoms with Crippen LogP contribution in [0.5, 0.6) is 11.6 Å². The molecule has 2 aromatic carbocycles. The second-order valence-corrected chi connectivity index (χ2v) is 7.69. The minimum atomic E-state index is -0.470. The summed E-state index contributed by atoms with van der Waals surface area (Å²) in [6.45, 7) is 5.51. The molecule has 0 bridgehead atoms. The molecule has 0 aliphatic rings. The van der Waals surface area contributed by atoms with Gasteiger partial charge < -0.3 is 15.4 Å². The molecule has 2 heterocycles. The second kappa shape index (κ2) is 10.1. The fourth-order valence-electron chi connectivity index (χ4n) is 3.29. The third-order valence-corrected chi connectivity index (χ3v) is 5.16. The number of aryl methyl sites for hydroxylation is 3. The van der Waals surface area contributed by atoms with E-state index >= 15 is 0 Å². The predicted molar refractivity (Wildman–Crippen MR) is 130 cm³/mol. The van der Waals surface area contributed by atoms with Crippen molar-refractivity contribution in [2.45, 2.75) is 27.2 Å². The summed E-state index contributed by atoms with van der Waals surface area (Å²) in [7, 11) is 0. The van der Waals surface area contributed by atoms with Gasteiger partial charge in [0.1, 0.15) is 17.4 Å². The van der Waals surface area contributed by atoms with Gasteiger partial charge in [0.05, 0.1) is 11.3 Å². The number of carbonyl (C=O) groups excluding carboxylic acids is 1. The minimum Gasteiger partial charge on any atom is -0.438 e. The fraction of sp³-hybridized carbons (Fsp3) is 0.154. The first-order valence-corrected chi connectivity index (χ1v) is 10.8. The quantitative estimate of drug-likeness (QED) is 0.355. The molecule has 7 nitrogen and oxygen atoms in total. The maximum Gasteiger partial charge on any atom is 0.323 e. The number of halogens is 1. The second-order valence-electron chi connectivity index (χ2n) is 7.69. The zero-order valence-corrected chi connectivity index (χ0v) is 19.1. The van der Waals surface area contributed by atoms with E-state index in [4.69, 9.17) is 4.74 Å². The Morgan fingerprint density at radius 1 is 0.971 bits per heavy atom. The van der Waals surface area contributed by atoms with E-state index in [0.717, 1.165) is 29.1 Å². The first-order valence-electron chi connectivity index (χ1n) is 10.8. The highest BCUT2D eigenvalue weighted by molar-refractivity contribution is 6.00. The summed E-state index contributed by atoms with van der Waals surface area (Å²) in [5.41, 5.74) is 3.76. The number of amides is 2. The monoisotopic (exact) mass is 457 g/mol. The molecule has 2 N–H and O–H groups in total. The molecule has 0 spiro atoms. The Balaban J connectivity index is 1.49. The van der Waals surface area contributed by atoms with Crippen LogP contribution >= 0.6 is 0 Å². The number of nitrogens with zero attached hydrogens (tertiary/aromatic N) is 3. The van der Waals surface area contributed by atoms with Crippen LogP contribution in [0.3, 0.4) is 0 Å². The lowest BCUT2D eigenvalue weighted by Crippen LogP contribution is -2.20. The molecule has 2 amide bonds. The topological polar surface area (TPSA) is 89.0 Å². The number of anilines is 2. The molecule has 0 aliphatic carbocycles. The Labute approximate surface area is 197 Å². The number of benzene rings is 2. The van der Waals surface area contributed by atoms with E-state index in [0.29, 0.717) is 28.6 Å². The molecule has 8 heteroatoms. The Kier molecular flexibility index (Phi) is 6.77. The summed E-state index contributed by atoms with van der Waals surface area (Å²) < 4.78 is 19.8. The highest BCUT2D eigenvalue weighted by atomic mass is 19.1. The third kappa shape index (κ3) is 5.35. The number of ether oxygens (including phenoxy) is 1. The lowest BCUT2D eigenvalue weighted by molar-refractivity contribution is 0.262. The average molecular weight is 458 g/mol. The third-order valence-electron chi connectivity index (χ3n) is 5.16. The molecule has 2 aromatic heterocycles. The molecule has 0 radical (unpaired) electrons. The number of nitrogens with one attached hydrogen (secondary N) is 2. The number of carbonyl (C=O) groups is 1. The van der Waals surface area contributed by atoms with Crippen LogP contribution in [0.15, 0.2) is 67.0 Å². The van der Waals surface area contributed by atoms with Crippen molar-refractivity contribution in [3.05, 3.63) is 89.8 Å². The molecule has 0 saturated heterocycles. The van der Waals surface area contributed by atoms with E-state index in [1.165, 1.54) is 6.07 Å². The largest absolute Gasteiger partial charge is 0.438 e. The van der Waals surface area contributed by atoms with Crippen molar-refractivity contribution in [1.82, 2.24) is 15.0 Å². The zero-order valence-electron chi connectivity index (χ0n) is 19.1. The van der Waals surface area contributed by atoms with Crippen LogP contribution in [0.25, 0.3) is 11.3 Å². The lowest BCUT2D eigenvalue weighted by Gasteiger charge is -2.13. The van der Waals surface area contributed by atoms with Crippen molar-refractivity contribution in [3.63, 3.8) is 0 Å². The Morgan fingerprint density at radius 2 is 1.82 bits per heavy atom. The highest BCUT2D eigenvalue weighted by Crippen LogP contribution is 2.31. The van der Waals surface area contributed by atoms with Gasteiger partial charge in [0.25, 0.3) is 0 Å². The number of pyridine rings is 1. The van der Waals surface area contributed by atoms with Gasteiger partial charge in [-0.15, -0.1) is 0 Å². The van der Waals surface area contributed by atoms with Crippen LogP contribution in [0.4, 0.5) is 20.6 Å². The normalized spacial score (nSPS) is 10.6. The van der Waals surface area contributed by atoms with E-state index in [1.54, 1.807) is 49.6 Å². The first-order chi connectivity index (χ1) is 16.4. The van der Waals surface area contributed by atoms with Gasteiger partial charge in [-0.1, -0.05) is 13.0 Å². The molecule has 4 aromatic rings. The summed E-state index contributed by atoms with van der Waals surface area (Å²) in [4.78, 5) is 25.5. The summed E-state index contributed by atoms with van der Waals surface area (Å²) >= 11 is 0. The summed E-state index contributed by atoms with van der Waals surface area (Å²) in [5.74, 6) is 1.35. The van der Waals surface area contributed by atoms with Crippen molar-refractivity contribution in [2.24, 2.45) is 0 Å². The van der Waals surface area contributed by atoms with Gasteiger partial charge in [0, 0.05) is 30.2 Å². The number of rotatable bonds is 6. The Hall–Kier alpha value is -4.33. The van der Waals surface area contributed by atoms with Crippen LogP contribution < -0.4 is 15.4 Å².